The second kappa shape index (κ2) is 4.79. The van der Waals surface area contributed by atoms with Gasteiger partial charge in [0.05, 0.1) is 6.10 Å². The van der Waals surface area contributed by atoms with Crippen molar-refractivity contribution in [2.75, 3.05) is 6.61 Å². The minimum atomic E-state index is 0.515. The van der Waals surface area contributed by atoms with Gasteiger partial charge in [-0.2, -0.15) is 0 Å². The van der Waals surface area contributed by atoms with Crippen molar-refractivity contribution in [3.05, 3.63) is 35.4 Å². The molecule has 17 heavy (non-hydrogen) atoms. The zero-order chi connectivity index (χ0) is 11.7. The molecule has 2 aliphatic carbocycles. The lowest BCUT2D eigenvalue weighted by Crippen LogP contribution is -2.49. The molecule has 0 spiro atoms. The van der Waals surface area contributed by atoms with Crippen molar-refractivity contribution in [3.8, 4) is 0 Å². The third kappa shape index (κ3) is 2.38. The summed E-state index contributed by atoms with van der Waals surface area (Å²) in [5.74, 6) is 0. The molecule has 1 saturated carbocycles. The first-order valence-corrected chi connectivity index (χ1v) is 6.79. The summed E-state index contributed by atoms with van der Waals surface area (Å²) < 4.78 is 5.59. The number of hydrogen-bond donors (Lipinski definition) is 1. The van der Waals surface area contributed by atoms with Crippen molar-refractivity contribution >= 4 is 0 Å². The van der Waals surface area contributed by atoms with E-state index in [1.165, 1.54) is 36.8 Å². The molecule has 0 bridgehead atoms. The van der Waals surface area contributed by atoms with Crippen LogP contribution in [0.4, 0.5) is 0 Å². The van der Waals surface area contributed by atoms with Crippen LogP contribution < -0.4 is 5.32 Å². The second-order valence-electron chi connectivity index (χ2n) is 5.29. The first-order chi connectivity index (χ1) is 8.35. The molecular formula is C15H21NO. The molecule has 0 atom stereocenters. The number of rotatable bonds is 4. The Bertz CT molecular complexity index is 359. The molecule has 2 nitrogen and oxygen atoms in total. The van der Waals surface area contributed by atoms with Crippen molar-refractivity contribution in [2.45, 2.75) is 50.8 Å². The zero-order valence-electron chi connectivity index (χ0n) is 10.5. The Labute approximate surface area is 103 Å². The highest BCUT2D eigenvalue weighted by atomic mass is 16.5. The summed E-state index contributed by atoms with van der Waals surface area (Å²) in [7, 11) is 0. The van der Waals surface area contributed by atoms with Crippen LogP contribution in [0.15, 0.2) is 24.3 Å². The minimum absolute atomic E-state index is 0.515. The van der Waals surface area contributed by atoms with Gasteiger partial charge in [-0.05, 0) is 43.7 Å². The number of benzene rings is 1. The quantitative estimate of drug-likeness (QED) is 0.858. The maximum atomic E-state index is 5.59. The molecule has 1 aromatic rings. The molecule has 92 valence electrons. The summed E-state index contributed by atoms with van der Waals surface area (Å²) in [5, 5.41) is 3.77. The average molecular weight is 231 g/mol. The number of ether oxygens (including phenoxy) is 1. The van der Waals surface area contributed by atoms with Crippen LogP contribution in [0.1, 0.15) is 30.9 Å². The van der Waals surface area contributed by atoms with Crippen LogP contribution in [0, 0.1) is 0 Å². The van der Waals surface area contributed by atoms with E-state index >= 15 is 0 Å². The largest absolute Gasteiger partial charge is 0.378 e. The first kappa shape index (κ1) is 11.2. The summed E-state index contributed by atoms with van der Waals surface area (Å²) in [6, 6.07) is 10.2. The van der Waals surface area contributed by atoms with E-state index in [4.69, 9.17) is 4.74 Å². The zero-order valence-corrected chi connectivity index (χ0v) is 10.5. The van der Waals surface area contributed by atoms with E-state index in [1.54, 1.807) is 0 Å². The van der Waals surface area contributed by atoms with Gasteiger partial charge < -0.3 is 10.1 Å². The molecule has 0 aliphatic heterocycles. The maximum absolute atomic E-state index is 5.59. The number of nitrogens with one attached hydrogen (secondary N) is 1. The van der Waals surface area contributed by atoms with E-state index < -0.39 is 0 Å². The van der Waals surface area contributed by atoms with Gasteiger partial charge >= 0.3 is 0 Å². The van der Waals surface area contributed by atoms with Crippen molar-refractivity contribution < 1.29 is 4.74 Å². The fourth-order valence-corrected chi connectivity index (χ4v) is 3.08. The van der Waals surface area contributed by atoms with E-state index in [9.17, 15) is 0 Å². The lowest BCUT2D eigenvalue weighted by atomic mass is 9.88. The number of hydrogen-bond acceptors (Lipinski definition) is 2. The van der Waals surface area contributed by atoms with Crippen LogP contribution >= 0.6 is 0 Å². The molecule has 0 unspecified atom stereocenters. The molecule has 1 fully saturated rings. The molecule has 0 amide bonds. The van der Waals surface area contributed by atoms with Gasteiger partial charge in [0.25, 0.3) is 0 Å². The highest BCUT2D eigenvalue weighted by molar-refractivity contribution is 5.33. The van der Waals surface area contributed by atoms with Gasteiger partial charge in [0.15, 0.2) is 0 Å². The predicted octanol–water partition coefficient (Wildman–Crippen LogP) is 2.31. The highest BCUT2D eigenvalue weighted by Crippen LogP contribution is 2.27. The second-order valence-corrected chi connectivity index (χ2v) is 5.29. The highest BCUT2D eigenvalue weighted by Gasteiger charge is 2.32. The molecule has 0 aromatic heterocycles. The Morgan fingerprint density at radius 3 is 2.35 bits per heavy atom. The van der Waals surface area contributed by atoms with Gasteiger partial charge in [-0.25, -0.2) is 0 Å². The maximum Gasteiger partial charge on any atom is 0.0604 e. The lowest BCUT2D eigenvalue weighted by Gasteiger charge is -2.37. The fraction of sp³-hybridized carbons (Fsp3) is 0.600. The van der Waals surface area contributed by atoms with Gasteiger partial charge in [0, 0.05) is 18.7 Å². The SMILES string of the molecule is CCOC1CC(NC2Cc3ccccc3C2)C1. The van der Waals surface area contributed by atoms with Crippen molar-refractivity contribution in [2.24, 2.45) is 0 Å². The fourth-order valence-electron chi connectivity index (χ4n) is 3.08. The summed E-state index contributed by atoms with van der Waals surface area (Å²) in [5.41, 5.74) is 3.07. The Kier molecular flexibility index (Phi) is 3.17. The van der Waals surface area contributed by atoms with Crippen LogP contribution in [-0.2, 0) is 17.6 Å². The molecular weight excluding hydrogens is 210 g/mol. The Hall–Kier alpha value is -0.860. The predicted molar refractivity (Wildman–Crippen MR) is 69.2 cm³/mol. The normalized spacial score (nSPS) is 27.8. The van der Waals surface area contributed by atoms with Gasteiger partial charge in [-0.3, -0.25) is 0 Å². The summed E-state index contributed by atoms with van der Waals surface area (Å²) in [4.78, 5) is 0. The molecule has 0 radical (unpaired) electrons. The summed E-state index contributed by atoms with van der Waals surface area (Å²) >= 11 is 0. The topological polar surface area (TPSA) is 21.3 Å². The molecule has 0 heterocycles. The van der Waals surface area contributed by atoms with Crippen molar-refractivity contribution in [1.82, 2.24) is 5.32 Å². The van der Waals surface area contributed by atoms with Crippen molar-refractivity contribution in [3.63, 3.8) is 0 Å². The summed E-state index contributed by atoms with van der Waals surface area (Å²) in [6.45, 7) is 2.93. The molecule has 0 saturated heterocycles. The van der Waals surface area contributed by atoms with Crippen molar-refractivity contribution in [1.29, 1.82) is 0 Å². The monoisotopic (exact) mass is 231 g/mol. The van der Waals surface area contributed by atoms with Gasteiger partial charge in [0.1, 0.15) is 0 Å². The van der Waals surface area contributed by atoms with E-state index in [0.717, 1.165) is 6.61 Å². The van der Waals surface area contributed by atoms with Crippen LogP contribution in [0.25, 0.3) is 0 Å². The first-order valence-electron chi connectivity index (χ1n) is 6.79. The average Bonchev–Trinajstić information content (AvgIpc) is 2.68. The van der Waals surface area contributed by atoms with Gasteiger partial charge in [-0.15, -0.1) is 0 Å². The Morgan fingerprint density at radius 2 is 1.76 bits per heavy atom. The van der Waals surface area contributed by atoms with Gasteiger partial charge in [0.2, 0.25) is 0 Å². The standard InChI is InChI=1S/C15H21NO/c1-2-17-15-9-14(10-15)16-13-7-11-5-3-4-6-12(11)8-13/h3-6,13-16H,2,7-10H2,1H3. The Morgan fingerprint density at radius 1 is 1.12 bits per heavy atom. The third-order valence-corrected chi connectivity index (χ3v) is 4.02. The van der Waals surface area contributed by atoms with E-state index in [-0.39, 0.29) is 0 Å². The van der Waals surface area contributed by atoms with E-state index in [2.05, 4.69) is 36.5 Å². The lowest BCUT2D eigenvalue weighted by molar-refractivity contribution is -0.0121. The molecule has 1 N–H and O–H groups in total. The molecule has 3 rings (SSSR count). The molecule has 1 aromatic carbocycles. The van der Waals surface area contributed by atoms with Crippen LogP contribution in [0.2, 0.25) is 0 Å². The van der Waals surface area contributed by atoms with E-state index in [1.807, 2.05) is 0 Å². The minimum Gasteiger partial charge on any atom is -0.378 e. The number of fused-ring (bicyclic) bond motifs is 1. The summed E-state index contributed by atoms with van der Waals surface area (Å²) in [6.07, 6.45) is 5.31. The smallest absolute Gasteiger partial charge is 0.0604 e. The Balaban J connectivity index is 1.47. The van der Waals surface area contributed by atoms with Crippen LogP contribution in [0.5, 0.6) is 0 Å². The third-order valence-electron chi connectivity index (χ3n) is 4.02. The van der Waals surface area contributed by atoms with Crippen LogP contribution in [-0.4, -0.2) is 24.8 Å². The molecule has 2 heteroatoms. The molecule has 2 aliphatic rings. The van der Waals surface area contributed by atoms with Crippen LogP contribution in [0.3, 0.4) is 0 Å². The van der Waals surface area contributed by atoms with Gasteiger partial charge in [-0.1, -0.05) is 24.3 Å². The van der Waals surface area contributed by atoms with E-state index in [0.29, 0.717) is 18.2 Å².